The van der Waals surface area contributed by atoms with Gasteiger partial charge in [-0.25, -0.2) is 4.98 Å². The first-order valence-electron chi connectivity index (χ1n) is 7.44. The molecule has 1 aromatic rings. The summed E-state index contributed by atoms with van der Waals surface area (Å²) < 4.78 is 11.0. The summed E-state index contributed by atoms with van der Waals surface area (Å²) in [5, 5.41) is 3.42. The molecule has 110 valence electrons. The van der Waals surface area contributed by atoms with E-state index in [0.717, 1.165) is 63.6 Å². The molecule has 0 saturated carbocycles. The molecule has 0 bridgehead atoms. The van der Waals surface area contributed by atoms with Crippen molar-refractivity contribution >= 4 is 0 Å². The molecule has 1 N–H and O–H groups in total. The van der Waals surface area contributed by atoms with E-state index in [0.29, 0.717) is 5.92 Å². The van der Waals surface area contributed by atoms with Gasteiger partial charge < -0.3 is 14.5 Å². The van der Waals surface area contributed by atoms with Crippen LogP contribution in [0.4, 0.5) is 0 Å². The van der Waals surface area contributed by atoms with E-state index >= 15 is 0 Å². The molecule has 19 heavy (non-hydrogen) atoms. The lowest BCUT2D eigenvalue weighted by Gasteiger charge is -2.05. The van der Waals surface area contributed by atoms with Crippen LogP contribution in [0.15, 0.2) is 10.6 Å². The van der Waals surface area contributed by atoms with Gasteiger partial charge in [0.1, 0.15) is 5.76 Å². The maximum atomic E-state index is 5.70. The van der Waals surface area contributed by atoms with Crippen molar-refractivity contribution < 1.29 is 9.15 Å². The zero-order valence-corrected chi connectivity index (χ0v) is 12.6. The van der Waals surface area contributed by atoms with Crippen LogP contribution in [-0.4, -0.2) is 31.3 Å². The van der Waals surface area contributed by atoms with Crippen LogP contribution in [0, 0.1) is 5.92 Å². The van der Waals surface area contributed by atoms with Gasteiger partial charge in [0, 0.05) is 26.1 Å². The van der Waals surface area contributed by atoms with Crippen LogP contribution in [0.3, 0.4) is 0 Å². The monoisotopic (exact) mass is 268 g/mol. The highest BCUT2D eigenvalue weighted by Gasteiger charge is 2.03. The van der Waals surface area contributed by atoms with Gasteiger partial charge in [-0.3, -0.25) is 0 Å². The highest BCUT2D eigenvalue weighted by Crippen LogP contribution is 2.08. The van der Waals surface area contributed by atoms with Gasteiger partial charge in [-0.15, -0.1) is 0 Å². The molecule has 4 nitrogen and oxygen atoms in total. The minimum atomic E-state index is 0.707. The van der Waals surface area contributed by atoms with E-state index < -0.39 is 0 Å². The number of nitrogens with zero attached hydrogens (tertiary/aromatic N) is 1. The molecular formula is C15H28N2O2. The Kier molecular flexibility index (Phi) is 8.50. The van der Waals surface area contributed by atoms with Crippen LogP contribution in [0.2, 0.25) is 0 Å². The molecule has 0 radical (unpaired) electrons. The number of hydrogen-bond donors (Lipinski definition) is 1. The van der Waals surface area contributed by atoms with E-state index in [1.807, 2.05) is 13.1 Å². The van der Waals surface area contributed by atoms with E-state index in [4.69, 9.17) is 9.15 Å². The van der Waals surface area contributed by atoms with Crippen molar-refractivity contribution in [1.82, 2.24) is 10.3 Å². The lowest BCUT2D eigenvalue weighted by molar-refractivity contribution is 0.144. The van der Waals surface area contributed by atoms with Crippen molar-refractivity contribution in [2.75, 3.05) is 26.3 Å². The zero-order valence-electron chi connectivity index (χ0n) is 12.6. The third-order valence-electron chi connectivity index (χ3n) is 2.81. The summed E-state index contributed by atoms with van der Waals surface area (Å²) in [7, 11) is 0. The second-order valence-electron chi connectivity index (χ2n) is 5.22. The van der Waals surface area contributed by atoms with Crippen LogP contribution in [0.5, 0.6) is 0 Å². The Labute approximate surface area is 116 Å². The minimum absolute atomic E-state index is 0.707. The summed E-state index contributed by atoms with van der Waals surface area (Å²) in [6, 6.07) is 0. The summed E-state index contributed by atoms with van der Waals surface area (Å²) in [5.74, 6) is 2.54. The SMILES string of the molecule is CCOCCCc1cnc(CCCNCC(C)C)o1. The van der Waals surface area contributed by atoms with Crippen molar-refractivity contribution in [3.63, 3.8) is 0 Å². The van der Waals surface area contributed by atoms with Crippen LogP contribution in [0.1, 0.15) is 45.3 Å². The number of ether oxygens (including phenoxy) is 1. The summed E-state index contributed by atoms with van der Waals surface area (Å²) in [4.78, 5) is 4.31. The van der Waals surface area contributed by atoms with Gasteiger partial charge in [-0.1, -0.05) is 13.8 Å². The topological polar surface area (TPSA) is 47.3 Å². The van der Waals surface area contributed by atoms with E-state index in [2.05, 4.69) is 24.1 Å². The van der Waals surface area contributed by atoms with Gasteiger partial charge in [0.15, 0.2) is 5.89 Å². The Hall–Kier alpha value is -0.870. The summed E-state index contributed by atoms with van der Waals surface area (Å²) >= 11 is 0. The molecule has 0 spiro atoms. The first-order chi connectivity index (χ1) is 9.22. The highest BCUT2D eigenvalue weighted by molar-refractivity contribution is 4.94. The smallest absolute Gasteiger partial charge is 0.194 e. The Morgan fingerprint density at radius 1 is 1.32 bits per heavy atom. The van der Waals surface area contributed by atoms with Crippen molar-refractivity contribution in [1.29, 1.82) is 0 Å². The van der Waals surface area contributed by atoms with Gasteiger partial charge in [-0.05, 0) is 38.8 Å². The quantitative estimate of drug-likeness (QED) is 0.627. The lowest BCUT2D eigenvalue weighted by atomic mass is 10.2. The van der Waals surface area contributed by atoms with Crippen LogP contribution >= 0.6 is 0 Å². The van der Waals surface area contributed by atoms with Crippen molar-refractivity contribution in [3.05, 3.63) is 17.8 Å². The Bertz CT molecular complexity index is 324. The first-order valence-corrected chi connectivity index (χ1v) is 7.44. The van der Waals surface area contributed by atoms with Crippen molar-refractivity contribution in [3.8, 4) is 0 Å². The fourth-order valence-electron chi connectivity index (χ4n) is 1.83. The molecule has 0 aliphatic rings. The standard InChI is InChI=1S/C15H28N2O2/c1-4-18-10-6-7-14-12-17-15(19-14)8-5-9-16-11-13(2)3/h12-13,16H,4-11H2,1-3H3. The number of aromatic nitrogens is 1. The highest BCUT2D eigenvalue weighted by atomic mass is 16.5. The molecule has 0 aliphatic carbocycles. The van der Waals surface area contributed by atoms with Crippen molar-refractivity contribution in [2.24, 2.45) is 5.92 Å². The van der Waals surface area contributed by atoms with E-state index in [9.17, 15) is 0 Å². The maximum Gasteiger partial charge on any atom is 0.194 e. The van der Waals surface area contributed by atoms with Crippen LogP contribution in [0.25, 0.3) is 0 Å². The third-order valence-corrected chi connectivity index (χ3v) is 2.81. The number of rotatable bonds is 11. The largest absolute Gasteiger partial charge is 0.446 e. The molecule has 0 fully saturated rings. The van der Waals surface area contributed by atoms with Crippen LogP contribution in [-0.2, 0) is 17.6 Å². The average molecular weight is 268 g/mol. The van der Waals surface area contributed by atoms with Crippen LogP contribution < -0.4 is 5.32 Å². The van der Waals surface area contributed by atoms with E-state index in [1.54, 1.807) is 0 Å². The second kappa shape index (κ2) is 9.98. The van der Waals surface area contributed by atoms with Gasteiger partial charge >= 0.3 is 0 Å². The Morgan fingerprint density at radius 2 is 2.16 bits per heavy atom. The first kappa shape index (κ1) is 16.2. The molecule has 0 unspecified atom stereocenters. The summed E-state index contributed by atoms with van der Waals surface area (Å²) in [6.07, 6.45) is 5.75. The summed E-state index contributed by atoms with van der Waals surface area (Å²) in [5.41, 5.74) is 0. The van der Waals surface area contributed by atoms with Crippen molar-refractivity contribution in [2.45, 2.75) is 46.5 Å². The zero-order chi connectivity index (χ0) is 13.9. The molecule has 1 aromatic heterocycles. The maximum absolute atomic E-state index is 5.70. The Morgan fingerprint density at radius 3 is 2.89 bits per heavy atom. The molecule has 0 atom stereocenters. The Balaban J connectivity index is 2.09. The number of aryl methyl sites for hydroxylation is 2. The summed E-state index contributed by atoms with van der Waals surface area (Å²) in [6.45, 7) is 10.1. The normalized spacial score (nSPS) is 11.4. The number of oxazole rings is 1. The average Bonchev–Trinajstić information content (AvgIpc) is 2.82. The van der Waals surface area contributed by atoms with Gasteiger partial charge in [0.25, 0.3) is 0 Å². The van der Waals surface area contributed by atoms with Gasteiger partial charge in [0.05, 0.1) is 6.20 Å². The molecule has 0 saturated heterocycles. The molecule has 0 aromatic carbocycles. The van der Waals surface area contributed by atoms with E-state index in [1.165, 1.54) is 0 Å². The molecule has 4 heteroatoms. The molecular weight excluding hydrogens is 240 g/mol. The van der Waals surface area contributed by atoms with E-state index in [-0.39, 0.29) is 0 Å². The minimum Gasteiger partial charge on any atom is -0.446 e. The number of nitrogens with one attached hydrogen (secondary N) is 1. The molecule has 1 heterocycles. The van der Waals surface area contributed by atoms with Gasteiger partial charge in [0.2, 0.25) is 0 Å². The lowest BCUT2D eigenvalue weighted by Crippen LogP contribution is -2.21. The molecule has 0 aliphatic heterocycles. The fourth-order valence-corrected chi connectivity index (χ4v) is 1.83. The number of hydrogen-bond acceptors (Lipinski definition) is 4. The van der Waals surface area contributed by atoms with Gasteiger partial charge in [-0.2, -0.15) is 0 Å². The molecule has 0 amide bonds. The second-order valence-corrected chi connectivity index (χ2v) is 5.22. The predicted octanol–water partition coefficient (Wildman–Crippen LogP) is 2.82. The fraction of sp³-hybridized carbons (Fsp3) is 0.800. The third kappa shape index (κ3) is 8.01. The molecule has 1 rings (SSSR count). The predicted molar refractivity (Wildman–Crippen MR) is 77.3 cm³/mol.